The number of hydrogen-bond donors (Lipinski definition) is 0. The van der Waals surface area contributed by atoms with Gasteiger partial charge < -0.3 is 8.97 Å². The van der Waals surface area contributed by atoms with E-state index < -0.39 is 0 Å². The topological polar surface area (TPSA) is 51.2 Å². The van der Waals surface area contributed by atoms with Crippen molar-refractivity contribution in [2.75, 3.05) is 13.1 Å². The van der Waals surface area contributed by atoms with Gasteiger partial charge in [-0.1, -0.05) is 48.2 Å². The molecule has 0 N–H and O–H groups in total. The molecule has 0 aliphatic carbocycles. The monoisotopic (exact) mass is 418 g/mol. The first kappa shape index (κ1) is 19.3. The summed E-state index contributed by atoms with van der Waals surface area (Å²) in [6, 6.07) is 14.7. The van der Waals surface area contributed by atoms with Gasteiger partial charge in [-0.2, -0.15) is 0 Å². The zero-order valence-electron chi connectivity index (χ0n) is 17.2. The molecule has 0 saturated carbocycles. The Labute approximate surface area is 181 Å². The molecule has 1 aliphatic rings. The molecular formula is C23H26N6S. The molecule has 154 valence electrons. The molecule has 1 fully saturated rings. The standard InChI is InChI=1S/C23H26N6S/c1-18-8-7-13-28-15-20(24-22(18)28)17-30-23-26-25-21(16-27-11-5-6-12-27)29(23)14-19-9-3-2-4-10-19/h2-4,7-10,13,15H,5-6,11-12,14,16-17H2,1H3. The fourth-order valence-electron chi connectivity index (χ4n) is 4.02. The summed E-state index contributed by atoms with van der Waals surface area (Å²) in [5.41, 5.74) is 4.54. The molecule has 6 nitrogen and oxygen atoms in total. The Bertz CT molecular complexity index is 1130. The molecule has 1 aliphatic heterocycles. The van der Waals surface area contributed by atoms with Crippen LogP contribution in [0.5, 0.6) is 0 Å². The van der Waals surface area contributed by atoms with Crippen molar-refractivity contribution in [1.82, 2.24) is 29.0 Å². The van der Waals surface area contributed by atoms with Gasteiger partial charge in [-0.3, -0.25) is 4.90 Å². The Morgan fingerprint density at radius 3 is 2.60 bits per heavy atom. The Hall–Kier alpha value is -2.64. The van der Waals surface area contributed by atoms with Gasteiger partial charge in [0.05, 0.1) is 18.8 Å². The second kappa shape index (κ2) is 8.62. The maximum absolute atomic E-state index is 4.81. The lowest BCUT2D eigenvalue weighted by atomic mass is 10.2. The van der Waals surface area contributed by atoms with Crippen LogP contribution >= 0.6 is 11.8 Å². The SMILES string of the molecule is Cc1cccn2cc(CSc3nnc(CN4CCCC4)n3Cc3ccccc3)nc12. The maximum atomic E-state index is 4.81. The number of imidazole rings is 1. The molecule has 7 heteroatoms. The molecule has 0 spiro atoms. The lowest BCUT2D eigenvalue weighted by Crippen LogP contribution is -2.21. The highest BCUT2D eigenvalue weighted by molar-refractivity contribution is 7.98. The normalized spacial score (nSPS) is 14.7. The van der Waals surface area contributed by atoms with Crippen molar-refractivity contribution >= 4 is 17.4 Å². The second-order valence-electron chi connectivity index (χ2n) is 7.90. The van der Waals surface area contributed by atoms with Crippen LogP contribution in [-0.4, -0.2) is 42.1 Å². The summed E-state index contributed by atoms with van der Waals surface area (Å²) < 4.78 is 4.37. The van der Waals surface area contributed by atoms with Crippen LogP contribution in [0.2, 0.25) is 0 Å². The zero-order chi connectivity index (χ0) is 20.3. The van der Waals surface area contributed by atoms with Crippen molar-refractivity contribution in [1.29, 1.82) is 0 Å². The maximum Gasteiger partial charge on any atom is 0.191 e. The van der Waals surface area contributed by atoms with E-state index in [1.807, 2.05) is 0 Å². The summed E-state index contributed by atoms with van der Waals surface area (Å²) >= 11 is 1.71. The fourth-order valence-corrected chi connectivity index (χ4v) is 4.86. The zero-order valence-corrected chi connectivity index (χ0v) is 18.1. The molecule has 0 amide bonds. The molecule has 1 saturated heterocycles. The van der Waals surface area contributed by atoms with Crippen LogP contribution in [-0.2, 0) is 18.8 Å². The van der Waals surface area contributed by atoms with Crippen LogP contribution in [0.1, 0.15) is 35.5 Å². The highest BCUT2D eigenvalue weighted by atomic mass is 32.2. The fraction of sp³-hybridized carbons (Fsp3) is 0.348. The first-order valence-corrected chi connectivity index (χ1v) is 11.5. The number of aromatic nitrogens is 5. The summed E-state index contributed by atoms with van der Waals surface area (Å²) in [4.78, 5) is 7.28. The van der Waals surface area contributed by atoms with Gasteiger partial charge in [0, 0.05) is 18.1 Å². The number of aryl methyl sites for hydroxylation is 1. The van der Waals surface area contributed by atoms with Gasteiger partial charge in [-0.25, -0.2) is 4.98 Å². The van der Waals surface area contributed by atoms with Gasteiger partial charge in [-0.05, 0) is 50.0 Å². The highest BCUT2D eigenvalue weighted by Crippen LogP contribution is 2.24. The number of benzene rings is 1. The quantitative estimate of drug-likeness (QED) is 0.422. The molecule has 4 aromatic rings. The first-order chi connectivity index (χ1) is 14.8. The molecule has 0 bridgehead atoms. The van der Waals surface area contributed by atoms with E-state index in [-0.39, 0.29) is 0 Å². The van der Waals surface area contributed by atoms with Crippen molar-refractivity contribution in [2.24, 2.45) is 0 Å². The number of nitrogens with zero attached hydrogens (tertiary/aromatic N) is 6. The van der Waals surface area contributed by atoms with Gasteiger partial charge in [0.2, 0.25) is 0 Å². The third kappa shape index (κ3) is 4.13. The average molecular weight is 419 g/mol. The summed E-state index contributed by atoms with van der Waals surface area (Å²) in [6.45, 7) is 6.07. The van der Waals surface area contributed by atoms with E-state index in [1.165, 1.54) is 24.0 Å². The van der Waals surface area contributed by atoms with E-state index in [9.17, 15) is 0 Å². The number of likely N-dealkylation sites (tertiary alicyclic amines) is 1. The van der Waals surface area contributed by atoms with Gasteiger partial charge in [0.1, 0.15) is 11.5 Å². The lowest BCUT2D eigenvalue weighted by molar-refractivity contribution is 0.316. The Balaban J connectivity index is 1.38. The van der Waals surface area contributed by atoms with E-state index in [0.29, 0.717) is 0 Å². The number of hydrogen-bond acceptors (Lipinski definition) is 5. The van der Waals surface area contributed by atoms with Crippen LogP contribution in [0.4, 0.5) is 0 Å². The van der Waals surface area contributed by atoms with Gasteiger partial charge in [0.15, 0.2) is 5.16 Å². The Morgan fingerprint density at radius 1 is 0.967 bits per heavy atom. The summed E-state index contributed by atoms with van der Waals surface area (Å²) in [7, 11) is 0. The van der Waals surface area contributed by atoms with Crippen molar-refractivity contribution in [3.8, 4) is 0 Å². The van der Waals surface area contributed by atoms with Crippen LogP contribution in [0.15, 0.2) is 60.0 Å². The lowest BCUT2D eigenvalue weighted by Gasteiger charge is -2.16. The van der Waals surface area contributed by atoms with E-state index in [0.717, 1.165) is 54.3 Å². The second-order valence-corrected chi connectivity index (χ2v) is 8.84. The smallest absolute Gasteiger partial charge is 0.191 e. The van der Waals surface area contributed by atoms with E-state index in [4.69, 9.17) is 4.98 Å². The van der Waals surface area contributed by atoms with Gasteiger partial charge in [-0.15, -0.1) is 10.2 Å². The van der Waals surface area contributed by atoms with E-state index >= 15 is 0 Å². The minimum absolute atomic E-state index is 0.776. The van der Waals surface area contributed by atoms with E-state index in [2.05, 4.69) is 85.8 Å². The molecule has 5 rings (SSSR count). The molecule has 0 atom stereocenters. The predicted molar refractivity (Wildman–Crippen MR) is 120 cm³/mol. The van der Waals surface area contributed by atoms with Crippen LogP contribution < -0.4 is 0 Å². The summed E-state index contributed by atoms with van der Waals surface area (Å²) in [5, 5.41) is 10.1. The van der Waals surface area contributed by atoms with Gasteiger partial charge in [0.25, 0.3) is 0 Å². The predicted octanol–water partition coefficient (Wildman–Crippen LogP) is 4.17. The minimum Gasteiger partial charge on any atom is -0.307 e. The number of pyridine rings is 1. The summed E-state index contributed by atoms with van der Waals surface area (Å²) in [5.74, 6) is 1.83. The van der Waals surface area contributed by atoms with Gasteiger partial charge >= 0.3 is 0 Å². The number of thioether (sulfide) groups is 1. The van der Waals surface area contributed by atoms with E-state index in [1.54, 1.807) is 11.8 Å². The molecule has 0 radical (unpaired) electrons. The molecule has 3 aromatic heterocycles. The third-order valence-electron chi connectivity index (χ3n) is 5.62. The molecule has 30 heavy (non-hydrogen) atoms. The Kier molecular flexibility index (Phi) is 5.55. The first-order valence-electron chi connectivity index (χ1n) is 10.5. The largest absolute Gasteiger partial charge is 0.307 e. The van der Waals surface area contributed by atoms with Crippen molar-refractivity contribution < 1.29 is 0 Å². The van der Waals surface area contributed by atoms with Crippen LogP contribution in [0, 0.1) is 6.92 Å². The van der Waals surface area contributed by atoms with Crippen LogP contribution in [0.25, 0.3) is 5.65 Å². The number of rotatable bonds is 7. The summed E-state index contributed by atoms with van der Waals surface area (Å²) in [6.07, 6.45) is 6.72. The highest BCUT2D eigenvalue weighted by Gasteiger charge is 2.19. The average Bonchev–Trinajstić information content (AvgIpc) is 3.49. The minimum atomic E-state index is 0.776. The molecular weight excluding hydrogens is 392 g/mol. The number of fused-ring (bicyclic) bond motifs is 1. The van der Waals surface area contributed by atoms with Crippen molar-refractivity contribution in [3.05, 3.63) is 77.5 Å². The van der Waals surface area contributed by atoms with Crippen molar-refractivity contribution in [2.45, 2.75) is 43.8 Å². The van der Waals surface area contributed by atoms with Crippen molar-refractivity contribution in [3.63, 3.8) is 0 Å². The third-order valence-corrected chi connectivity index (χ3v) is 6.62. The van der Waals surface area contributed by atoms with Crippen LogP contribution in [0.3, 0.4) is 0 Å². The molecule has 0 unspecified atom stereocenters. The molecule has 4 heterocycles. The Morgan fingerprint density at radius 2 is 1.80 bits per heavy atom. The molecule has 1 aromatic carbocycles.